The van der Waals surface area contributed by atoms with E-state index in [-0.39, 0.29) is 19.1 Å². The molecule has 0 unspecified atom stereocenters. The standard InChI is InChI=1S/C21H23NO6S/c1-22(11-15-4-7-17(29-3)8-5-15)20(24)13-28-21(25)14-27-18-9-6-16(12-23)10-19(18)26-2/h4-10,12H,11,13-14H2,1-3H3. The molecule has 2 rings (SSSR count). The fourth-order valence-corrected chi connectivity index (χ4v) is 2.81. The highest BCUT2D eigenvalue weighted by Gasteiger charge is 2.14. The average Bonchev–Trinajstić information content (AvgIpc) is 2.76. The summed E-state index contributed by atoms with van der Waals surface area (Å²) >= 11 is 1.65. The predicted octanol–water partition coefficient (Wildman–Crippen LogP) is 2.81. The lowest BCUT2D eigenvalue weighted by Gasteiger charge is -2.17. The minimum atomic E-state index is -0.683. The second-order valence-electron chi connectivity index (χ2n) is 6.08. The number of carbonyl (C=O) groups excluding carboxylic acids is 3. The van der Waals surface area contributed by atoms with Gasteiger partial charge in [-0.15, -0.1) is 11.8 Å². The maximum absolute atomic E-state index is 12.2. The fraction of sp³-hybridized carbons (Fsp3) is 0.286. The lowest BCUT2D eigenvalue weighted by atomic mass is 10.2. The van der Waals surface area contributed by atoms with Crippen molar-refractivity contribution in [2.24, 2.45) is 0 Å². The molecule has 2 aromatic rings. The van der Waals surface area contributed by atoms with Gasteiger partial charge in [0.1, 0.15) is 6.29 Å². The van der Waals surface area contributed by atoms with Gasteiger partial charge in [-0.2, -0.15) is 0 Å². The fourth-order valence-electron chi connectivity index (χ4n) is 2.40. The largest absolute Gasteiger partial charge is 0.493 e. The number of amides is 1. The Bertz CT molecular complexity index is 853. The van der Waals surface area contributed by atoms with Gasteiger partial charge in [0.15, 0.2) is 24.7 Å². The summed E-state index contributed by atoms with van der Waals surface area (Å²) in [6, 6.07) is 12.5. The van der Waals surface area contributed by atoms with Crippen LogP contribution in [-0.4, -0.2) is 56.7 Å². The van der Waals surface area contributed by atoms with Gasteiger partial charge in [0, 0.05) is 24.1 Å². The number of hydrogen-bond donors (Lipinski definition) is 0. The van der Waals surface area contributed by atoms with Gasteiger partial charge in [-0.25, -0.2) is 4.79 Å². The van der Waals surface area contributed by atoms with Gasteiger partial charge in [0.2, 0.25) is 0 Å². The lowest BCUT2D eigenvalue weighted by molar-refractivity contribution is -0.153. The smallest absolute Gasteiger partial charge is 0.344 e. The van der Waals surface area contributed by atoms with E-state index in [4.69, 9.17) is 14.2 Å². The summed E-state index contributed by atoms with van der Waals surface area (Å²) in [7, 11) is 3.08. The second-order valence-corrected chi connectivity index (χ2v) is 6.96. The predicted molar refractivity (Wildman–Crippen MR) is 110 cm³/mol. The van der Waals surface area contributed by atoms with Gasteiger partial charge >= 0.3 is 5.97 Å². The van der Waals surface area contributed by atoms with E-state index in [2.05, 4.69) is 0 Å². The third-order valence-electron chi connectivity index (χ3n) is 4.03. The Labute approximate surface area is 173 Å². The molecule has 0 fully saturated rings. The first-order valence-corrected chi connectivity index (χ1v) is 9.97. The molecule has 8 heteroatoms. The molecule has 7 nitrogen and oxygen atoms in total. The van der Waals surface area contributed by atoms with E-state index in [1.807, 2.05) is 30.5 Å². The highest BCUT2D eigenvalue weighted by Crippen LogP contribution is 2.27. The van der Waals surface area contributed by atoms with E-state index < -0.39 is 5.97 Å². The van der Waals surface area contributed by atoms with Crippen LogP contribution in [0.15, 0.2) is 47.4 Å². The van der Waals surface area contributed by atoms with Crippen LogP contribution in [0.3, 0.4) is 0 Å². The number of aldehydes is 1. The van der Waals surface area contributed by atoms with Gasteiger partial charge in [-0.3, -0.25) is 9.59 Å². The molecular formula is C21H23NO6S. The van der Waals surface area contributed by atoms with Crippen LogP contribution < -0.4 is 9.47 Å². The van der Waals surface area contributed by atoms with Crippen LogP contribution in [0.25, 0.3) is 0 Å². The molecule has 0 N–H and O–H groups in total. The molecular weight excluding hydrogens is 394 g/mol. The van der Waals surface area contributed by atoms with Crippen molar-refractivity contribution in [3.05, 3.63) is 53.6 Å². The molecule has 0 aliphatic heterocycles. The summed E-state index contributed by atoms with van der Waals surface area (Å²) in [6.07, 6.45) is 2.68. The quantitative estimate of drug-likeness (QED) is 0.334. The molecule has 0 aromatic heterocycles. The van der Waals surface area contributed by atoms with E-state index in [0.717, 1.165) is 10.5 Å². The third kappa shape index (κ3) is 6.83. The van der Waals surface area contributed by atoms with Crippen LogP contribution >= 0.6 is 11.8 Å². The molecule has 0 aliphatic carbocycles. The maximum Gasteiger partial charge on any atom is 0.344 e. The first-order chi connectivity index (χ1) is 14.0. The van der Waals surface area contributed by atoms with Crippen LogP contribution in [0.4, 0.5) is 0 Å². The summed E-state index contributed by atoms with van der Waals surface area (Å²) < 4.78 is 15.5. The number of carbonyl (C=O) groups is 3. The molecule has 29 heavy (non-hydrogen) atoms. The third-order valence-corrected chi connectivity index (χ3v) is 4.77. The van der Waals surface area contributed by atoms with Crippen molar-refractivity contribution in [1.29, 1.82) is 0 Å². The molecule has 0 heterocycles. The monoisotopic (exact) mass is 417 g/mol. The van der Waals surface area contributed by atoms with Crippen molar-refractivity contribution in [3.8, 4) is 11.5 Å². The Hall–Kier alpha value is -3.00. The van der Waals surface area contributed by atoms with Crippen molar-refractivity contribution in [2.75, 3.05) is 33.6 Å². The minimum Gasteiger partial charge on any atom is -0.493 e. The zero-order valence-corrected chi connectivity index (χ0v) is 17.4. The zero-order chi connectivity index (χ0) is 21.2. The normalized spacial score (nSPS) is 10.2. The Morgan fingerprint density at radius 2 is 1.79 bits per heavy atom. The molecule has 2 aromatic carbocycles. The van der Waals surface area contributed by atoms with Gasteiger partial charge < -0.3 is 19.1 Å². The summed E-state index contributed by atoms with van der Waals surface area (Å²) in [4.78, 5) is 37.5. The Morgan fingerprint density at radius 3 is 2.41 bits per heavy atom. The van der Waals surface area contributed by atoms with Crippen LogP contribution in [0, 0.1) is 0 Å². The van der Waals surface area contributed by atoms with Crippen LogP contribution in [0.1, 0.15) is 15.9 Å². The molecule has 0 atom stereocenters. The van der Waals surface area contributed by atoms with Gasteiger partial charge in [0.25, 0.3) is 5.91 Å². The summed E-state index contributed by atoms with van der Waals surface area (Å²) in [5.41, 5.74) is 1.41. The summed E-state index contributed by atoms with van der Waals surface area (Å²) in [5, 5.41) is 0. The van der Waals surface area contributed by atoms with Gasteiger partial charge in [0.05, 0.1) is 7.11 Å². The Kier molecular flexibility index (Phi) is 8.54. The van der Waals surface area contributed by atoms with Crippen molar-refractivity contribution >= 4 is 29.9 Å². The van der Waals surface area contributed by atoms with E-state index in [1.165, 1.54) is 24.1 Å². The molecule has 0 aliphatic rings. The van der Waals surface area contributed by atoms with Crippen molar-refractivity contribution in [1.82, 2.24) is 4.90 Å². The minimum absolute atomic E-state index is 0.298. The number of rotatable bonds is 10. The van der Waals surface area contributed by atoms with Crippen molar-refractivity contribution in [2.45, 2.75) is 11.4 Å². The topological polar surface area (TPSA) is 82.1 Å². The average molecular weight is 417 g/mol. The van der Waals surface area contributed by atoms with Gasteiger partial charge in [-0.05, 0) is 42.2 Å². The van der Waals surface area contributed by atoms with E-state index in [1.54, 1.807) is 24.9 Å². The van der Waals surface area contributed by atoms with Crippen molar-refractivity contribution in [3.63, 3.8) is 0 Å². The Morgan fingerprint density at radius 1 is 1.07 bits per heavy atom. The molecule has 0 saturated carbocycles. The molecule has 0 saturated heterocycles. The van der Waals surface area contributed by atoms with E-state index >= 15 is 0 Å². The van der Waals surface area contributed by atoms with Crippen LogP contribution in [0.5, 0.6) is 11.5 Å². The number of methoxy groups -OCH3 is 1. The molecule has 1 amide bonds. The van der Waals surface area contributed by atoms with E-state index in [0.29, 0.717) is 29.9 Å². The molecule has 0 bridgehead atoms. The zero-order valence-electron chi connectivity index (χ0n) is 16.5. The highest BCUT2D eigenvalue weighted by atomic mass is 32.2. The number of esters is 1. The number of likely N-dealkylation sites (N-methyl/N-ethyl adjacent to an activating group) is 1. The highest BCUT2D eigenvalue weighted by molar-refractivity contribution is 7.98. The number of nitrogens with zero attached hydrogens (tertiary/aromatic N) is 1. The molecule has 154 valence electrons. The summed E-state index contributed by atoms with van der Waals surface area (Å²) in [6.45, 7) is -0.339. The molecule has 0 spiro atoms. The Balaban J connectivity index is 1.79. The summed E-state index contributed by atoms with van der Waals surface area (Å²) in [5.74, 6) is -0.379. The molecule has 0 radical (unpaired) electrons. The van der Waals surface area contributed by atoms with Gasteiger partial charge in [-0.1, -0.05) is 12.1 Å². The number of ether oxygens (including phenoxy) is 3. The second kappa shape index (κ2) is 11.1. The number of thioether (sulfide) groups is 1. The SMILES string of the molecule is COc1cc(C=O)ccc1OCC(=O)OCC(=O)N(C)Cc1ccc(SC)cc1. The number of hydrogen-bond acceptors (Lipinski definition) is 7. The first-order valence-electron chi connectivity index (χ1n) is 8.75. The number of benzene rings is 2. The lowest BCUT2D eigenvalue weighted by Crippen LogP contribution is -2.31. The van der Waals surface area contributed by atoms with Crippen LogP contribution in [-0.2, 0) is 20.9 Å². The van der Waals surface area contributed by atoms with E-state index in [9.17, 15) is 14.4 Å². The van der Waals surface area contributed by atoms with Crippen molar-refractivity contribution < 1.29 is 28.6 Å². The first kappa shape index (κ1) is 22.3. The van der Waals surface area contributed by atoms with Crippen LogP contribution in [0.2, 0.25) is 0 Å². The maximum atomic E-state index is 12.2.